The molecule has 0 saturated heterocycles. The number of benzene rings is 1. The molecule has 0 aliphatic heterocycles. The van der Waals surface area contributed by atoms with Gasteiger partial charge in [0.2, 0.25) is 0 Å². The van der Waals surface area contributed by atoms with Crippen LogP contribution in [0.3, 0.4) is 0 Å². The van der Waals surface area contributed by atoms with Crippen LogP contribution in [0, 0.1) is 0 Å². The Labute approximate surface area is 99.9 Å². The molecule has 1 aromatic heterocycles. The molecule has 0 amide bonds. The molecule has 0 radical (unpaired) electrons. The van der Waals surface area contributed by atoms with Crippen molar-refractivity contribution in [3.8, 4) is 11.5 Å². The van der Waals surface area contributed by atoms with E-state index in [1.807, 2.05) is 26.2 Å². The Hall–Kier alpha value is -1.75. The highest BCUT2D eigenvalue weighted by atomic mass is 16.5. The van der Waals surface area contributed by atoms with Crippen LogP contribution in [0.25, 0.3) is 11.1 Å². The molecular weight excluding hydrogens is 220 g/mol. The summed E-state index contributed by atoms with van der Waals surface area (Å²) in [6.07, 6.45) is 1.39. The van der Waals surface area contributed by atoms with Crippen LogP contribution in [0.4, 0.5) is 0 Å². The summed E-state index contributed by atoms with van der Waals surface area (Å²) in [6, 6.07) is 3.66. The van der Waals surface area contributed by atoms with E-state index < -0.39 is 0 Å². The van der Waals surface area contributed by atoms with Gasteiger partial charge in [-0.1, -0.05) is 0 Å². The molecule has 5 nitrogen and oxygen atoms in total. The Morgan fingerprint density at radius 3 is 2.76 bits per heavy atom. The third-order valence-electron chi connectivity index (χ3n) is 2.43. The van der Waals surface area contributed by atoms with Gasteiger partial charge in [0.25, 0.3) is 0 Å². The number of likely N-dealkylation sites (N-methyl/N-ethyl adjacent to an activating group) is 1. The van der Waals surface area contributed by atoms with Crippen LogP contribution in [0.1, 0.15) is 0 Å². The van der Waals surface area contributed by atoms with Crippen LogP contribution in [0.2, 0.25) is 0 Å². The molecule has 1 aromatic carbocycles. The lowest BCUT2D eigenvalue weighted by atomic mass is 10.3. The van der Waals surface area contributed by atoms with Gasteiger partial charge in [-0.25, -0.2) is 4.98 Å². The second kappa shape index (κ2) is 5.05. The number of methoxy groups -OCH3 is 1. The van der Waals surface area contributed by atoms with Crippen molar-refractivity contribution in [3.05, 3.63) is 18.5 Å². The maximum absolute atomic E-state index is 5.66. The lowest BCUT2D eigenvalue weighted by Crippen LogP contribution is -2.19. The van der Waals surface area contributed by atoms with Crippen molar-refractivity contribution in [1.29, 1.82) is 0 Å². The molecule has 2 rings (SSSR count). The van der Waals surface area contributed by atoms with Crippen molar-refractivity contribution in [3.63, 3.8) is 0 Å². The van der Waals surface area contributed by atoms with Crippen LogP contribution in [-0.4, -0.2) is 44.2 Å². The standard InChI is InChI=1S/C12H16N2O3/c1-14(2)6-7-16-10-5-4-9(15-3)11-12(10)17-8-13-11/h4-5,8H,6-7H2,1-3H3. The van der Waals surface area contributed by atoms with Gasteiger partial charge >= 0.3 is 0 Å². The van der Waals surface area contributed by atoms with E-state index in [0.717, 1.165) is 6.54 Å². The number of hydrogen-bond donors (Lipinski definition) is 0. The molecule has 0 atom stereocenters. The zero-order valence-corrected chi connectivity index (χ0v) is 10.3. The van der Waals surface area contributed by atoms with E-state index in [-0.39, 0.29) is 0 Å². The summed E-state index contributed by atoms with van der Waals surface area (Å²) in [5.41, 5.74) is 1.32. The third kappa shape index (κ3) is 2.50. The number of fused-ring (bicyclic) bond motifs is 1. The van der Waals surface area contributed by atoms with Crippen LogP contribution in [-0.2, 0) is 0 Å². The van der Waals surface area contributed by atoms with Crippen molar-refractivity contribution in [2.75, 3.05) is 34.4 Å². The molecule has 0 bridgehead atoms. The van der Waals surface area contributed by atoms with E-state index in [0.29, 0.717) is 29.2 Å². The van der Waals surface area contributed by atoms with Crippen LogP contribution >= 0.6 is 0 Å². The summed E-state index contributed by atoms with van der Waals surface area (Å²) in [5, 5.41) is 0. The van der Waals surface area contributed by atoms with E-state index in [4.69, 9.17) is 13.9 Å². The molecule has 0 saturated carbocycles. The van der Waals surface area contributed by atoms with Gasteiger partial charge in [-0.05, 0) is 26.2 Å². The van der Waals surface area contributed by atoms with E-state index in [1.54, 1.807) is 7.11 Å². The zero-order chi connectivity index (χ0) is 12.3. The number of rotatable bonds is 5. The van der Waals surface area contributed by atoms with Crippen molar-refractivity contribution < 1.29 is 13.9 Å². The number of aromatic nitrogens is 1. The van der Waals surface area contributed by atoms with Crippen LogP contribution in [0.5, 0.6) is 11.5 Å². The monoisotopic (exact) mass is 236 g/mol. The summed E-state index contributed by atoms with van der Waals surface area (Å²) < 4.78 is 16.2. The predicted molar refractivity (Wildman–Crippen MR) is 64.6 cm³/mol. The first-order valence-corrected chi connectivity index (χ1v) is 5.40. The van der Waals surface area contributed by atoms with Gasteiger partial charge in [0.15, 0.2) is 23.2 Å². The van der Waals surface area contributed by atoms with Crippen molar-refractivity contribution in [2.45, 2.75) is 0 Å². The SMILES string of the molecule is COc1ccc(OCCN(C)C)c2ocnc12. The molecular formula is C12H16N2O3. The second-order valence-electron chi connectivity index (χ2n) is 3.95. The second-order valence-corrected chi connectivity index (χ2v) is 3.95. The summed E-state index contributed by atoms with van der Waals surface area (Å²) >= 11 is 0. The molecule has 0 N–H and O–H groups in total. The molecule has 17 heavy (non-hydrogen) atoms. The van der Waals surface area contributed by atoms with Crippen molar-refractivity contribution in [1.82, 2.24) is 9.88 Å². The topological polar surface area (TPSA) is 47.7 Å². The quantitative estimate of drug-likeness (QED) is 0.792. The Kier molecular flexibility index (Phi) is 3.49. The summed E-state index contributed by atoms with van der Waals surface area (Å²) in [6.45, 7) is 1.46. The predicted octanol–water partition coefficient (Wildman–Crippen LogP) is 1.78. The van der Waals surface area contributed by atoms with Gasteiger partial charge in [0, 0.05) is 6.54 Å². The fraction of sp³-hybridized carbons (Fsp3) is 0.417. The van der Waals surface area contributed by atoms with Crippen molar-refractivity contribution >= 4 is 11.1 Å². The minimum atomic E-state index is 0.606. The first-order chi connectivity index (χ1) is 8.22. The number of oxazole rings is 1. The Balaban J connectivity index is 2.20. The van der Waals surface area contributed by atoms with E-state index in [2.05, 4.69) is 9.88 Å². The van der Waals surface area contributed by atoms with Crippen LogP contribution < -0.4 is 9.47 Å². The lowest BCUT2D eigenvalue weighted by Gasteiger charge is -2.11. The fourth-order valence-electron chi connectivity index (χ4n) is 1.52. The minimum absolute atomic E-state index is 0.606. The summed E-state index contributed by atoms with van der Waals surface area (Å²) in [4.78, 5) is 6.17. The molecule has 1 heterocycles. The fourth-order valence-corrected chi connectivity index (χ4v) is 1.52. The molecule has 0 aliphatic carbocycles. The Morgan fingerprint density at radius 2 is 2.06 bits per heavy atom. The van der Waals surface area contributed by atoms with Gasteiger partial charge in [-0.15, -0.1) is 0 Å². The van der Waals surface area contributed by atoms with Crippen molar-refractivity contribution in [2.24, 2.45) is 0 Å². The first kappa shape index (κ1) is 11.7. The smallest absolute Gasteiger partial charge is 0.200 e. The van der Waals surface area contributed by atoms with E-state index in [9.17, 15) is 0 Å². The highest BCUT2D eigenvalue weighted by molar-refractivity contribution is 5.84. The minimum Gasteiger partial charge on any atom is -0.494 e. The molecule has 92 valence electrons. The van der Waals surface area contributed by atoms with Gasteiger partial charge in [0.05, 0.1) is 7.11 Å². The molecule has 5 heteroatoms. The van der Waals surface area contributed by atoms with Gasteiger partial charge in [-0.2, -0.15) is 0 Å². The third-order valence-corrected chi connectivity index (χ3v) is 2.43. The van der Waals surface area contributed by atoms with E-state index in [1.165, 1.54) is 6.39 Å². The largest absolute Gasteiger partial charge is 0.494 e. The average Bonchev–Trinajstić information content (AvgIpc) is 2.78. The first-order valence-electron chi connectivity index (χ1n) is 5.40. The summed E-state index contributed by atoms with van der Waals surface area (Å²) in [5.74, 6) is 1.38. The van der Waals surface area contributed by atoms with Crippen LogP contribution in [0.15, 0.2) is 22.9 Å². The number of hydrogen-bond acceptors (Lipinski definition) is 5. The summed E-state index contributed by atoms with van der Waals surface area (Å²) in [7, 11) is 5.61. The average molecular weight is 236 g/mol. The molecule has 0 spiro atoms. The molecule has 0 unspecified atom stereocenters. The van der Waals surface area contributed by atoms with Gasteiger partial charge in [-0.3, -0.25) is 0 Å². The number of ether oxygens (including phenoxy) is 2. The Morgan fingerprint density at radius 1 is 1.29 bits per heavy atom. The zero-order valence-electron chi connectivity index (χ0n) is 10.3. The maximum Gasteiger partial charge on any atom is 0.200 e. The lowest BCUT2D eigenvalue weighted by molar-refractivity contribution is 0.261. The number of nitrogens with zero attached hydrogens (tertiary/aromatic N) is 2. The van der Waals surface area contributed by atoms with Gasteiger partial charge in [0.1, 0.15) is 12.4 Å². The molecule has 2 aromatic rings. The molecule has 0 aliphatic rings. The van der Waals surface area contributed by atoms with Gasteiger partial charge < -0.3 is 18.8 Å². The Bertz CT molecular complexity index is 493. The highest BCUT2D eigenvalue weighted by Gasteiger charge is 2.11. The molecule has 0 fully saturated rings. The maximum atomic E-state index is 5.66. The van der Waals surface area contributed by atoms with E-state index >= 15 is 0 Å². The highest BCUT2D eigenvalue weighted by Crippen LogP contribution is 2.31. The normalized spacial score (nSPS) is 11.1.